The van der Waals surface area contributed by atoms with E-state index in [0.29, 0.717) is 34.8 Å². The predicted octanol–water partition coefficient (Wildman–Crippen LogP) is 2.00. The van der Waals surface area contributed by atoms with Gasteiger partial charge in [0.1, 0.15) is 0 Å². The largest absolute Gasteiger partial charge is 0.327 e. The zero-order valence-electron chi connectivity index (χ0n) is 13.2. The first-order valence-electron chi connectivity index (χ1n) is 7.75. The molecular weight excluding hydrogens is 324 g/mol. The summed E-state index contributed by atoms with van der Waals surface area (Å²) in [5, 5.41) is 1.86. The van der Waals surface area contributed by atoms with Gasteiger partial charge in [0.15, 0.2) is 0 Å². The van der Waals surface area contributed by atoms with Gasteiger partial charge in [0.2, 0.25) is 10.0 Å². The number of hydrogen-bond acceptors (Lipinski definition) is 5. The molecule has 0 bridgehead atoms. The highest BCUT2D eigenvalue weighted by molar-refractivity contribution is 8.07. The van der Waals surface area contributed by atoms with Crippen LogP contribution in [0.3, 0.4) is 0 Å². The van der Waals surface area contributed by atoms with E-state index in [0.717, 1.165) is 25.0 Å². The van der Waals surface area contributed by atoms with Gasteiger partial charge in [-0.25, -0.2) is 12.7 Å². The molecule has 2 aliphatic heterocycles. The van der Waals surface area contributed by atoms with Gasteiger partial charge < -0.3 is 5.73 Å². The molecule has 0 radical (unpaired) electrons. The zero-order valence-corrected chi connectivity index (χ0v) is 15.6. The fraction of sp³-hybridized carbons (Fsp3) is 1.00. The van der Waals surface area contributed by atoms with Crippen LogP contribution in [0.15, 0.2) is 0 Å². The third-order valence-corrected chi connectivity index (χ3v) is 9.45. The number of sulfonamides is 1. The first kappa shape index (κ1) is 17.9. The molecule has 0 aromatic heterocycles. The Hall–Kier alpha value is 0.570. The van der Waals surface area contributed by atoms with E-state index < -0.39 is 10.0 Å². The van der Waals surface area contributed by atoms with E-state index in [1.807, 2.05) is 23.5 Å². The summed E-state index contributed by atoms with van der Waals surface area (Å²) in [7, 11) is -3.05. The topological polar surface area (TPSA) is 63.4 Å². The molecule has 5 unspecified atom stereocenters. The van der Waals surface area contributed by atoms with E-state index in [4.69, 9.17) is 5.73 Å². The monoisotopic (exact) mass is 352 g/mol. The Morgan fingerprint density at radius 1 is 1.33 bits per heavy atom. The molecule has 0 aromatic carbocycles. The number of nitrogens with two attached hydrogens (primary N) is 1. The summed E-state index contributed by atoms with van der Waals surface area (Å²) in [6, 6.07) is 0.182. The Bertz CT molecular complexity index is 444. The smallest absolute Gasteiger partial charge is 0.211 e. The molecule has 2 heterocycles. The highest BCUT2D eigenvalue weighted by Gasteiger charge is 2.32. The molecule has 2 saturated heterocycles. The van der Waals surface area contributed by atoms with Crippen LogP contribution >= 0.6 is 23.5 Å². The van der Waals surface area contributed by atoms with Crippen LogP contribution in [0.1, 0.15) is 33.1 Å². The average Bonchev–Trinajstić information content (AvgIpc) is 2.41. The van der Waals surface area contributed by atoms with Crippen LogP contribution in [0.5, 0.6) is 0 Å². The van der Waals surface area contributed by atoms with Gasteiger partial charge in [-0.2, -0.15) is 23.5 Å². The summed E-state index contributed by atoms with van der Waals surface area (Å²) in [6.45, 7) is 5.90. The van der Waals surface area contributed by atoms with E-state index in [2.05, 4.69) is 13.8 Å². The Balaban J connectivity index is 1.86. The average molecular weight is 353 g/mol. The van der Waals surface area contributed by atoms with Crippen LogP contribution in [0.4, 0.5) is 0 Å². The van der Waals surface area contributed by atoms with Crippen molar-refractivity contribution in [2.75, 3.05) is 25.1 Å². The Labute approximate surface area is 138 Å². The van der Waals surface area contributed by atoms with Crippen molar-refractivity contribution in [3.8, 4) is 0 Å². The van der Waals surface area contributed by atoms with Crippen molar-refractivity contribution in [3.05, 3.63) is 0 Å². The van der Waals surface area contributed by atoms with Crippen LogP contribution in [0.2, 0.25) is 0 Å². The van der Waals surface area contributed by atoms with Crippen molar-refractivity contribution in [2.24, 2.45) is 11.7 Å². The van der Waals surface area contributed by atoms with Crippen molar-refractivity contribution >= 4 is 33.5 Å². The van der Waals surface area contributed by atoms with E-state index >= 15 is 0 Å². The number of piperidine rings is 1. The first-order chi connectivity index (χ1) is 9.77. The van der Waals surface area contributed by atoms with Gasteiger partial charge in [-0.1, -0.05) is 13.8 Å². The fourth-order valence-corrected chi connectivity index (χ4v) is 7.11. The highest BCUT2D eigenvalue weighted by atomic mass is 32.2. The summed E-state index contributed by atoms with van der Waals surface area (Å²) < 4.78 is 25.0. The molecule has 124 valence electrons. The SMILES string of the molecule is CC1SCC(C(N)CC2CCCN(S(C)(=O)=O)C2)SC1C. The summed E-state index contributed by atoms with van der Waals surface area (Å²) in [4.78, 5) is 0. The van der Waals surface area contributed by atoms with E-state index in [-0.39, 0.29) is 6.04 Å². The third-order valence-electron chi connectivity index (χ3n) is 4.61. The van der Waals surface area contributed by atoms with Crippen LogP contribution in [-0.4, -0.2) is 59.6 Å². The van der Waals surface area contributed by atoms with Crippen LogP contribution in [-0.2, 0) is 10.0 Å². The fourth-order valence-electron chi connectivity index (χ4n) is 3.09. The van der Waals surface area contributed by atoms with Gasteiger partial charge in [0.25, 0.3) is 0 Å². The lowest BCUT2D eigenvalue weighted by atomic mass is 9.92. The van der Waals surface area contributed by atoms with Crippen molar-refractivity contribution in [3.63, 3.8) is 0 Å². The van der Waals surface area contributed by atoms with Crippen LogP contribution in [0.25, 0.3) is 0 Å². The standard InChI is InChI=1S/C14H28N2O2S3/c1-10-11(2)20-14(9-19-10)13(15)7-12-5-4-6-16(8-12)21(3,17)18/h10-14H,4-9,15H2,1-3H3. The molecule has 4 nitrogen and oxygen atoms in total. The lowest BCUT2D eigenvalue weighted by Gasteiger charge is -2.37. The molecule has 21 heavy (non-hydrogen) atoms. The first-order valence-corrected chi connectivity index (χ1v) is 11.6. The molecule has 0 amide bonds. The van der Waals surface area contributed by atoms with Crippen LogP contribution in [0, 0.1) is 5.92 Å². The maximum Gasteiger partial charge on any atom is 0.211 e. The summed E-state index contributed by atoms with van der Waals surface area (Å²) in [5.41, 5.74) is 6.44. The summed E-state index contributed by atoms with van der Waals surface area (Å²) in [6.07, 6.45) is 4.33. The maximum atomic E-state index is 11.7. The second kappa shape index (κ2) is 7.43. The van der Waals surface area contributed by atoms with Gasteiger partial charge in [-0.3, -0.25) is 0 Å². The molecule has 2 N–H and O–H groups in total. The van der Waals surface area contributed by atoms with Crippen molar-refractivity contribution in [2.45, 2.75) is 54.9 Å². The molecule has 0 spiro atoms. The second-order valence-electron chi connectivity index (χ2n) is 6.45. The highest BCUT2D eigenvalue weighted by Crippen LogP contribution is 2.38. The number of hydrogen-bond donors (Lipinski definition) is 1. The van der Waals surface area contributed by atoms with Crippen LogP contribution < -0.4 is 5.73 Å². The Morgan fingerprint density at radius 2 is 2.05 bits per heavy atom. The molecule has 0 saturated carbocycles. The van der Waals surface area contributed by atoms with Crippen molar-refractivity contribution in [1.82, 2.24) is 4.31 Å². The number of nitrogens with zero attached hydrogens (tertiary/aromatic N) is 1. The zero-order chi connectivity index (χ0) is 15.6. The lowest BCUT2D eigenvalue weighted by molar-refractivity contribution is 0.246. The van der Waals surface area contributed by atoms with Gasteiger partial charge >= 0.3 is 0 Å². The minimum atomic E-state index is -3.05. The Kier molecular flexibility index (Phi) is 6.34. The molecule has 2 fully saturated rings. The number of rotatable bonds is 4. The van der Waals surface area contributed by atoms with E-state index in [1.165, 1.54) is 6.26 Å². The minimum absolute atomic E-state index is 0.182. The van der Waals surface area contributed by atoms with Gasteiger partial charge in [0, 0.05) is 40.6 Å². The molecule has 5 atom stereocenters. The predicted molar refractivity (Wildman–Crippen MR) is 94.5 cm³/mol. The molecule has 0 aromatic rings. The molecule has 0 aliphatic carbocycles. The van der Waals surface area contributed by atoms with E-state index in [9.17, 15) is 8.42 Å². The molecule has 7 heteroatoms. The van der Waals surface area contributed by atoms with Crippen molar-refractivity contribution < 1.29 is 8.42 Å². The minimum Gasteiger partial charge on any atom is -0.327 e. The maximum absolute atomic E-state index is 11.7. The molecule has 2 aliphatic rings. The lowest BCUT2D eigenvalue weighted by Crippen LogP contribution is -2.45. The summed E-state index contributed by atoms with van der Waals surface area (Å²) >= 11 is 4.04. The number of thioether (sulfide) groups is 2. The van der Waals surface area contributed by atoms with Gasteiger partial charge in [0.05, 0.1) is 6.26 Å². The normalized spacial score (nSPS) is 37.3. The van der Waals surface area contributed by atoms with Gasteiger partial charge in [-0.15, -0.1) is 0 Å². The quantitative estimate of drug-likeness (QED) is 0.838. The third kappa shape index (κ3) is 5.03. The Morgan fingerprint density at radius 3 is 2.67 bits per heavy atom. The van der Waals surface area contributed by atoms with E-state index in [1.54, 1.807) is 4.31 Å². The van der Waals surface area contributed by atoms with Gasteiger partial charge in [-0.05, 0) is 25.2 Å². The van der Waals surface area contributed by atoms with Crippen molar-refractivity contribution in [1.29, 1.82) is 0 Å². The second-order valence-corrected chi connectivity index (χ2v) is 11.5. The summed E-state index contributed by atoms with van der Waals surface area (Å²) in [5.74, 6) is 1.54. The molecule has 2 rings (SSSR count). The molecular formula is C14H28N2O2S3.